The quantitative estimate of drug-likeness (QED) is 0.777. The Morgan fingerprint density at radius 3 is 2.87 bits per heavy atom. The summed E-state index contributed by atoms with van der Waals surface area (Å²) in [6, 6.07) is 2.42. The van der Waals surface area contributed by atoms with Crippen LogP contribution in [0.25, 0.3) is 0 Å². The van der Waals surface area contributed by atoms with Gasteiger partial charge in [0.15, 0.2) is 0 Å². The van der Waals surface area contributed by atoms with Gasteiger partial charge in [0.1, 0.15) is 0 Å². The number of ether oxygens (including phenoxy) is 1. The molecule has 0 aliphatic heterocycles. The second kappa shape index (κ2) is 5.93. The zero-order valence-electron chi connectivity index (χ0n) is 9.94. The van der Waals surface area contributed by atoms with Crippen molar-refractivity contribution in [2.75, 3.05) is 7.11 Å². The molecule has 2 atom stereocenters. The zero-order valence-corrected chi connectivity index (χ0v) is 9.94. The van der Waals surface area contributed by atoms with Crippen LogP contribution in [-0.2, 0) is 17.7 Å². The van der Waals surface area contributed by atoms with Crippen molar-refractivity contribution in [1.29, 1.82) is 0 Å². The molecule has 0 aromatic carbocycles. The molecule has 15 heavy (non-hydrogen) atoms. The SMILES string of the molecule is CCC(N)Cc1ccn(CC(C)OC)c1. The number of nitrogens with zero attached hydrogens (tertiary/aromatic N) is 1. The van der Waals surface area contributed by atoms with Gasteiger partial charge in [-0.15, -0.1) is 0 Å². The Morgan fingerprint density at radius 1 is 1.53 bits per heavy atom. The summed E-state index contributed by atoms with van der Waals surface area (Å²) >= 11 is 0. The van der Waals surface area contributed by atoms with Crippen molar-refractivity contribution in [3.8, 4) is 0 Å². The molecule has 3 nitrogen and oxygen atoms in total. The van der Waals surface area contributed by atoms with Gasteiger partial charge in [-0.1, -0.05) is 6.92 Å². The fourth-order valence-corrected chi connectivity index (χ4v) is 1.54. The van der Waals surface area contributed by atoms with Crippen molar-refractivity contribution in [3.05, 3.63) is 24.0 Å². The van der Waals surface area contributed by atoms with Gasteiger partial charge in [-0.05, 0) is 31.4 Å². The number of hydrogen-bond donors (Lipinski definition) is 1. The highest BCUT2D eigenvalue weighted by Gasteiger charge is 2.05. The van der Waals surface area contributed by atoms with Gasteiger partial charge in [0, 0.05) is 32.1 Å². The molecule has 1 aromatic rings. The van der Waals surface area contributed by atoms with E-state index in [1.54, 1.807) is 7.11 Å². The molecule has 0 fully saturated rings. The molecule has 0 aliphatic carbocycles. The number of aromatic nitrogens is 1. The lowest BCUT2D eigenvalue weighted by atomic mass is 10.1. The zero-order chi connectivity index (χ0) is 11.3. The van der Waals surface area contributed by atoms with E-state index < -0.39 is 0 Å². The first kappa shape index (κ1) is 12.3. The first-order valence-corrected chi connectivity index (χ1v) is 5.58. The molecule has 1 heterocycles. The molecule has 1 rings (SSSR count). The summed E-state index contributed by atoms with van der Waals surface area (Å²) in [5, 5.41) is 0. The van der Waals surface area contributed by atoms with Gasteiger partial charge in [0.25, 0.3) is 0 Å². The molecule has 0 spiro atoms. The molecule has 0 saturated carbocycles. The molecule has 86 valence electrons. The van der Waals surface area contributed by atoms with E-state index in [4.69, 9.17) is 10.5 Å². The Labute approximate surface area is 92.2 Å². The smallest absolute Gasteiger partial charge is 0.0721 e. The number of rotatable bonds is 6. The third-order valence-corrected chi connectivity index (χ3v) is 2.70. The van der Waals surface area contributed by atoms with E-state index in [0.717, 1.165) is 19.4 Å². The van der Waals surface area contributed by atoms with E-state index in [2.05, 4.69) is 36.9 Å². The lowest BCUT2D eigenvalue weighted by molar-refractivity contribution is 0.103. The molecule has 2 unspecified atom stereocenters. The summed E-state index contributed by atoms with van der Waals surface area (Å²) in [7, 11) is 1.74. The maximum absolute atomic E-state index is 5.91. The van der Waals surface area contributed by atoms with Crippen LogP contribution in [0.15, 0.2) is 18.5 Å². The van der Waals surface area contributed by atoms with Crippen LogP contribution in [0.1, 0.15) is 25.8 Å². The minimum absolute atomic E-state index is 0.255. The van der Waals surface area contributed by atoms with Crippen LogP contribution in [0.4, 0.5) is 0 Å². The van der Waals surface area contributed by atoms with E-state index in [1.807, 2.05) is 0 Å². The Morgan fingerprint density at radius 2 is 2.27 bits per heavy atom. The average Bonchev–Trinajstić information content (AvgIpc) is 2.65. The predicted molar refractivity (Wildman–Crippen MR) is 62.9 cm³/mol. The molecular formula is C12H22N2O. The van der Waals surface area contributed by atoms with Gasteiger partial charge in [0.2, 0.25) is 0 Å². The largest absolute Gasteiger partial charge is 0.380 e. The third-order valence-electron chi connectivity index (χ3n) is 2.70. The van der Waals surface area contributed by atoms with E-state index in [0.29, 0.717) is 0 Å². The highest BCUT2D eigenvalue weighted by Crippen LogP contribution is 2.07. The summed E-state index contributed by atoms with van der Waals surface area (Å²) in [6.07, 6.45) is 6.49. The van der Waals surface area contributed by atoms with Gasteiger partial charge >= 0.3 is 0 Å². The van der Waals surface area contributed by atoms with Crippen molar-refractivity contribution in [1.82, 2.24) is 4.57 Å². The molecule has 0 saturated heterocycles. The molecule has 3 heteroatoms. The Kier molecular flexibility index (Phi) is 4.85. The molecule has 2 N–H and O–H groups in total. The Balaban J connectivity index is 2.49. The second-order valence-electron chi connectivity index (χ2n) is 4.14. The van der Waals surface area contributed by atoms with Crippen molar-refractivity contribution >= 4 is 0 Å². The number of hydrogen-bond acceptors (Lipinski definition) is 2. The highest BCUT2D eigenvalue weighted by atomic mass is 16.5. The predicted octanol–water partition coefficient (Wildman–Crippen LogP) is 1.80. The Hall–Kier alpha value is -0.800. The molecule has 1 aromatic heterocycles. The van der Waals surface area contributed by atoms with Crippen molar-refractivity contribution in [3.63, 3.8) is 0 Å². The normalized spacial score (nSPS) is 15.2. The maximum atomic E-state index is 5.91. The minimum Gasteiger partial charge on any atom is -0.380 e. The van der Waals surface area contributed by atoms with Gasteiger partial charge < -0.3 is 15.0 Å². The summed E-state index contributed by atoms with van der Waals surface area (Å²) in [5.41, 5.74) is 7.22. The Bertz CT molecular complexity index is 256. The highest BCUT2D eigenvalue weighted by molar-refractivity contribution is 5.11. The lowest BCUT2D eigenvalue weighted by Gasteiger charge is -2.10. The molecule has 0 amide bonds. The van der Waals surface area contributed by atoms with Crippen molar-refractivity contribution in [2.24, 2.45) is 5.73 Å². The van der Waals surface area contributed by atoms with E-state index in [9.17, 15) is 0 Å². The van der Waals surface area contributed by atoms with Crippen LogP contribution in [0.2, 0.25) is 0 Å². The molecule has 0 radical (unpaired) electrons. The first-order chi connectivity index (χ1) is 7.15. The topological polar surface area (TPSA) is 40.2 Å². The lowest BCUT2D eigenvalue weighted by Crippen LogP contribution is -2.21. The first-order valence-electron chi connectivity index (χ1n) is 5.58. The van der Waals surface area contributed by atoms with Gasteiger partial charge in [-0.3, -0.25) is 0 Å². The molecular weight excluding hydrogens is 188 g/mol. The van der Waals surface area contributed by atoms with E-state index in [1.165, 1.54) is 5.56 Å². The van der Waals surface area contributed by atoms with Crippen LogP contribution in [0.5, 0.6) is 0 Å². The van der Waals surface area contributed by atoms with Crippen LogP contribution in [0.3, 0.4) is 0 Å². The fourth-order valence-electron chi connectivity index (χ4n) is 1.54. The third kappa shape index (κ3) is 4.06. The van der Waals surface area contributed by atoms with E-state index in [-0.39, 0.29) is 12.1 Å². The molecule has 0 aliphatic rings. The maximum Gasteiger partial charge on any atom is 0.0721 e. The van der Waals surface area contributed by atoms with Crippen LogP contribution < -0.4 is 5.73 Å². The summed E-state index contributed by atoms with van der Waals surface area (Å²) < 4.78 is 7.38. The number of methoxy groups -OCH3 is 1. The average molecular weight is 210 g/mol. The van der Waals surface area contributed by atoms with Gasteiger partial charge in [-0.25, -0.2) is 0 Å². The van der Waals surface area contributed by atoms with E-state index >= 15 is 0 Å². The standard InChI is InChI=1S/C12H22N2O/c1-4-12(13)7-11-5-6-14(9-11)8-10(2)15-3/h5-6,9-10,12H,4,7-8,13H2,1-3H3. The summed E-state index contributed by atoms with van der Waals surface area (Å²) in [5.74, 6) is 0. The fraction of sp³-hybridized carbons (Fsp3) is 0.667. The van der Waals surface area contributed by atoms with Crippen LogP contribution in [-0.4, -0.2) is 23.8 Å². The van der Waals surface area contributed by atoms with Crippen molar-refractivity contribution in [2.45, 2.75) is 45.4 Å². The minimum atomic E-state index is 0.255. The summed E-state index contributed by atoms with van der Waals surface area (Å²) in [6.45, 7) is 5.09. The second-order valence-corrected chi connectivity index (χ2v) is 4.14. The molecule has 0 bridgehead atoms. The van der Waals surface area contributed by atoms with Gasteiger partial charge in [-0.2, -0.15) is 0 Å². The van der Waals surface area contributed by atoms with Gasteiger partial charge in [0.05, 0.1) is 6.10 Å². The monoisotopic (exact) mass is 210 g/mol. The summed E-state index contributed by atoms with van der Waals surface area (Å²) in [4.78, 5) is 0. The number of nitrogens with two attached hydrogens (primary N) is 1. The van der Waals surface area contributed by atoms with Crippen LogP contribution >= 0.6 is 0 Å². The van der Waals surface area contributed by atoms with Crippen LogP contribution in [0, 0.1) is 0 Å². The van der Waals surface area contributed by atoms with Crippen molar-refractivity contribution < 1.29 is 4.74 Å².